The Labute approximate surface area is 183 Å². The smallest absolute Gasteiger partial charge is 0.228 e. The number of nitrogens with one attached hydrogen (secondary N) is 2. The highest BCUT2D eigenvalue weighted by Gasteiger charge is 2.23. The molecule has 31 heavy (non-hydrogen) atoms. The van der Waals surface area contributed by atoms with Crippen LogP contribution in [0.25, 0.3) is 11.0 Å². The van der Waals surface area contributed by atoms with Gasteiger partial charge in [0.2, 0.25) is 5.95 Å². The van der Waals surface area contributed by atoms with Crippen LogP contribution in [0.5, 0.6) is 0 Å². The number of nitrogens with zero attached hydrogens (tertiary/aromatic N) is 6. The van der Waals surface area contributed by atoms with Gasteiger partial charge < -0.3 is 20.3 Å². The molecule has 166 valence electrons. The molecule has 0 unspecified atom stereocenters. The van der Waals surface area contributed by atoms with Crippen molar-refractivity contribution in [3.05, 3.63) is 29.6 Å². The summed E-state index contributed by atoms with van der Waals surface area (Å²) in [6.07, 6.45) is 2.59. The van der Waals surface area contributed by atoms with E-state index in [-0.39, 0.29) is 0 Å². The number of pyridine rings is 1. The minimum atomic E-state index is 0.391. The molecule has 0 spiro atoms. The maximum atomic E-state index is 5.59. The molecule has 9 heteroatoms. The van der Waals surface area contributed by atoms with Crippen LogP contribution in [0.3, 0.4) is 0 Å². The summed E-state index contributed by atoms with van der Waals surface area (Å²) < 4.78 is 7.55. The average molecular weight is 425 g/mol. The summed E-state index contributed by atoms with van der Waals surface area (Å²) in [7, 11) is 0. The van der Waals surface area contributed by atoms with Crippen LogP contribution in [0, 0.1) is 6.92 Å². The minimum absolute atomic E-state index is 0.391. The minimum Gasteiger partial charge on any atom is -0.380 e. The van der Waals surface area contributed by atoms with Crippen molar-refractivity contribution in [1.29, 1.82) is 0 Å². The summed E-state index contributed by atoms with van der Waals surface area (Å²) in [4.78, 5) is 16.7. The van der Waals surface area contributed by atoms with Gasteiger partial charge in [0.25, 0.3) is 0 Å². The molecule has 1 fully saturated rings. The standard InChI is InChI=1S/C22H32N8O/c1-5-17-18-19(30(28-17)12-13-31-6-2)21(26-20-15(3)8-7-9-24-20)27-22(25-18)29-11-10-23-16(4)14-29/h7-9,16,23H,5-6,10-14H2,1-4H3,(H,24,25,26,27)/t16-/m1/s1. The van der Waals surface area contributed by atoms with Crippen LogP contribution in [0.1, 0.15) is 32.0 Å². The predicted molar refractivity (Wildman–Crippen MR) is 123 cm³/mol. The first-order chi connectivity index (χ1) is 15.1. The average Bonchev–Trinajstić information content (AvgIpc) is 3.13. The molecule has 2 N–H and O–H groups in total. The largest absolute Gasteiger partial charge is 0.380 e. The summed E-state index contributed by atoms with van der Waals surface area (Å²) in [5.74, 6) is 2.26. The van der Waals surface area contributed by atoms with E-state index in [2.05, 4.69) is 34.4 Å². The van der Waals surface area contributed by atoms with Crippen LogP contribution < -0.4 is 15.5 Å². The molecule has 9 nitrogen and oxygen atoms in total. The molecule has 0 amide bonds. The van der Waals surface area contributed by atoms with Crippen molar-refractivity contribution in [2.75, 3.05) is 43.1 Å². The van der Waals surface area contributed by atoms with Gasteiger partial charge in [0.15, 0.2) is 5.82 Å². The van der Waals surface area contributed by atoms with E-state index in [9.17, 15) is 0 Å². The predicted octanol–water partition coefficient (Wildman–Crippen LogP) is 2.67. The molecule has 4 heterocycles. The topological polar surface area (TPSA) is 93.0 Å². The highest BCUT2D eigenvalue weighted by Crippen LogP contribution is 2.29. The first-order valence-corrected chi connectivity index (χ1v) is 11.1. The number of ether oxygens (including phenoxy) is 1. The van der Waals surface area contributed by atoms with Gasteiger partial charge in [-0.15, -0.1) is 0 Å². The highest BCUT2D eigenvalue weighted by molar-refractivity contribution is 5.90. The van der Waals surface area contributed by atoms with Gasteiger partial charge in [0.1, 0.15) is 16.9 Å². The van der Waals surface area contributed by atoms with Crippen molar-refractivity contribution in [3.8, 4) is 0 Å². The third-order valence-electron chi connectivity index (χ3n) is 5.53. The molecule has 1 saturated heterocycles. The summed E-state index contributed by atoms with van der Waals surface area (Å²) in [5, 5.41) is 11.8. The van der Waals surface area contributed by atoms with E-state index < -0.39 is 0 Å². The van der Waals surface area contributed by atoms with E-state index in [1.807, 2.05) is 30.7 Å². The third-order valence-corrected chi connectivity index (χ3v) is 5.53. The number of rotatable bonds is 8. The normalized spacial score (nSPS) is 16.8. The molecule has 0 bridgehead atoms. The molecular formula is C22H32N8O. The van der Waals surface area contributed by atoms with E-state index >= 15 is 0 Å². The van der Waals surface area contributed by atoms with Crippen LogP contribution in [0.2, 0.25) is 0 Å². The van der Waals surface area contributed by atoms with E-state index in [1.54, 1.807) is 6.20 Å². The fraction of sp³-hybridized carbons (Fsp3) is 0.545. The number of hydrogen-bond donors (Lipinski definition) is 2. The van der Waals surface area contributed by atoms with Gasteiger partial charge in [-0.2, -0.15) is 10.1 Å². The fourth-order valence-electron chi connectivity index (χ4n) is 3.90. The van der Waals surface area contributed by atoms with Crippen molar-refractivity contribution < 1.29 is 4.74 Å². The van der Waals surface area contributed by atoms with Gasteiger partial charge in [0, 0.05) is 38.5 Å². The lowest BCUT2D eigenvalue weighted by Gasteiger charge is -2.32. The van der Waals surface area contributed by atoms with E-state index in [1.165, 1.54) is 0 Å². The Balaban J connectivity index is 1.83. The molecule has 4 rings (SSSR count). The summed E-state index contributed by atoms with van der Waals surface area (Å²) in [6.45, 7) is 12.9. The monoisotopic (exact) mass is 424 g/mol. The molecule has 3 aromatic heterocycles. The second-order valence-electron chi connectivity index (χ2n) is 7.88. The first-order valence-electron chi connectivity index (χ1n) is 11.1. The quantitative estimate of drug-likeness (QED) is 0.533. The zero-order chi connectivity index (χ0) is 21.8. The zero-order valence-electron chi connectivity index (χ0n) is 18.9. The molecule has 1 aliphatic rings. The Kier molecular flexibility index (Phi) is 6.62. The molecule has 0 aliphatic carbocycles. The van der Waals surface area contributed by atoms with Crippen molar-refractivity contribution in [2.45, 2.75) is 46.7 Å². The van der Waals surface area contributed by atoms with Crippen LogP contribution >= 0.6 is 0 Å². The maximum Gasteiger partial charge on any atom is 0.228 e. The number of anilines is 3. The van der Waals surface area contributed by atoms with Gasteiger partial charge in [-0.3, -0.25) is 4.68 Å². The first kappa shape index (κ1) is 21.5. The summed E-state index contributed by atoms with van der Waals surface area (Å²) in [6, 6.07) is 4.36. The lowest BCUT2D eigenvalue weighted by molar-refractivity contribution is 0.137. The van der Waals surface area contributed by atoms with Gasteiger partial charge in [-0.25, -0.2) is 9.97 Å². The molecule has 1 atom stereocenters. The van der Waals surface area contributed by atoms with Crippen LogP contribution in [0.15, 0.2) is 18.3 Å². The Morgan fingerprint density at radius 2 is 2.13 bits per heavy atom. The van der Waals surface area contributed by atoms with Gasteiger partial charge >= 0.3 is 0 Å². The van der Waals surface area contributed by atoms with Gasteiger partial charge in [0.05, 0.1) is 18.8 Å². The molecule has 0 saturated carbocycles. The number of fused-ring (bicyclic) bond motifs is 1. The van der Waals surface area contributed by atoms with Crippen molar-refractivity contribution in [3.63, 3.8) is 0 Å². The summed E-state index contributed by atoms with van der Waals surface area (Å²) in [5.41, 5.74) is 3.82. The lowest BCUT2D eigenvalue weighted by atomic mass is 10.2. The van der Waals surface area contributed by atoms with Crippen molar-refractivity contribution >= 4 is 28.6 Å². The van der Waals surface area contributed by atoms with Gasteiger partial charge in [-0.05, 0) is 38.8 Å². The Bertz CT molecular complexity index is 1030. The summed E-state index contributed by atoms with van der Waals surface area (Å²) >= 11 is 0. The van der Waals surface area contributed by atoms with Crippen molar-refractivity contribution in [1.82, 2.24) is 30.0 Å². The SMILES string of the molecule is CCOCCn1nc(CC)c2nc(N3CCN[C@H](C)C3)nc(Nc3ncccc3C)c21. The fourth-order valence-corrected chi connectivity index (χ4v) is 3.90. The Morgan fingerprint density at radius 3 is 2.87 bits per heavy atom. The number of hydrogen-bond acceptors (Lipinski definition) is 8. The van der Waals surface area contributed by atoms with Gasteiger partial charge in [-0.1, -0.05) is 13.0 Å². The van der Waals surface area contributed by atoms with E-state index in [0.29, 0.717) is 25.8 Å². The van der Waals surface area contributed by atoms with E-state index in [4.69, 9.17) is 19.8 Å². The second-order valence-corrected chi connectivity index (χ2v) is 7.88. The third kappa shape index (κ3) is 4.62. The Hall–Kier alpha value is -2.78. The van der Waals surface area contributed by atoms with Crippen LogP contribution in [0.4, 0.5) is 17.6 Å². The molecule has 3 aromatic rings. The number of aromatic nitrogens is 5. The zero-order valence-corrected chi connectivity index (χ0v) is 18.9. The maximum absolute atomic E-state index is 5.59. The lowest BCUT2D eigenvalue weighted by Crippen LogP contribution is -2.49. The van der Waals surface area contributed by atoms with Crippen molar-refractivity contribution in [2.24, 2.45) is 0 Å². The number of aryl methyl sites for hydroxylation is 2. The Morgan fingerprint density at radius 1 is 1.26 bits per heavy atom. The molecule has 0 radical (unpaired) electrons. The highest BCUT2D eigenvalue weighted by atomic mass is 16.5. The molecule has 1 aliphatic heterocycles. The molecule has 0 aromatic carbocycles. The second kappa shape index (κ2) is 9.57. The van der Waals surface area contributed by atoms with E-state index in [0.717, 1.165) is 65.9 Å². The number of piperazine rings is 1. The van der Waals surface area contributed by atoms with Crippen LogP contribution in [-0.2, 0) is 17.7 Å². The molecular weight excluding hydrogens is 392 g/mol. The van der Waals surface area contributed by atoms with Crippen LogP contribution in [-0.4, -0.2) is 63.6 Å².